The third-order valence-electron chi connectivity index (χ3n) is 3.32. The molecule has 116 valence electrons. The van der Waals surface area contributed by atoms with Crippen LogP contribution >= 0.6 is 0 Å². The first-order chi connectivity index (χ1) is 9.76. The van der Waals surface area contributed by atoms with E-state index in [4.69, 9.17) is 15.2 Å². The zero-order chi connectivity index (χ0) is 16.2. The minimum atomic E-state index is -1.40. The van der Waals surface area contributed by atoms with Gasteiger partial charge in [-0.3, -0.25) is 5.73 Å². The summed E-state index contributed by atoms with van der Waals surface area (Å²) in [6, 6.07) is 4.78. The maximum Gasteiger partial charge on any atom is 0.346 e. The van der Waals surface area contributed by atoms with Gasteiger partial charge in [0.15, 0.2) is 17.2 Å². The van der Waals surface area contributed by atoms with Crippen molar-refractivity contribution in [2.45, 2.75) is 19.5 Å². The predicted octanol–water partition coefficient (Wildman–Crippen LogP) is 1.45. The Bertz CT molecular complexity index is 542. The van der Waals surface area contributed by atoms with Crippen molar-refractivity contribution in [3.8, 4) is 11.5 Å². The molecule has 0 aliphatic rings. The van der Waals surface area contributed by atoms with Crippen LogP contribution in [0, 0.1) is 5.92 Å². The van der Waals surface area contributed by atoms with Crippen LogP contribution in [0.5, 0.6) is 11.5 Å². The molecular formula is C15H22N2O4. The zero-order valence-electron chi connectivity index (χ0n) is 12.8. The molecule has 6 heteroatoms. The molecular weight excluding hydrogens is 272 g/mol. The molecule has 0 bridgehead atoms. The molecule has 1 aromatic carbocycles. The maximum absolute atomic E-state index is 11.9. The molecule has 0 aliphatic carbocycles. The topological polar surface area (TPSA) is 93.8 Å². The number of hydrogen-bond donors (Lipinski definition) is 3. The molecule has 0 heterocycles. The van der Waals surface area contributed by atoms with Crippen molar-refractivity contribution in [1.82, 2.24) is 5.32 Å². The smallest absolute Gasteiger partial charge is 0.346 e. The van der Waals surface area contributed by atoms with Gasteiger partial charge in [0.25, 0.3) is 0 Å². The van der Waals surface area contributed by atoms with Gasteiger partial charge >= 0.3 is 5.97 Å². The summed E-state index contributed by atoms with van der Waals surface area (Å²) in [7, 11) is 2.73. The zero-order valence-corrected chi connectivity index (χ0v) is 12.8. The third-order valence-corrected chi connectivity index (χ3v) is 3.32. The summed E-state index contributed by atoms with van der Waals surface area (Å²) in [6.07, 6.45) is 0. The first kappa shape index (κ1) is 16.8. The Morgan fingerprint density at radius 3 is 2.48 bits per heavy atom. The lowest BCUT2D eigenvalue weighted by molar-refractivity contribution is -0.149. The van der Waals surface area contributed by atoms with Gasteiger partial charge in [0.05, 0.1) is 14.2 Å². The van der Waals surface area contributed by atoms with Gasteiger partial charge < -0.3 is 19.9 Å². The second-order valence-corrected chi connectivity index (χ2v) is 5.01. The van der Waals surface area contributed by atoms with Crippen molar-refractivity contribution in [2.75, 3.05) is 14.2 Å². The highest BCUT2D eigenvalue weighted by Crippen LogP contribution is 2.29. The largest absolute Gasteiger partial charge is 0.504 e. The quantitative estimate of drug-likeness (QED) is 0.543. The molecule has 21 heavy (non-hydrogen) atoms. The van der Waals surface area contributed by atoms with Gasteiger partial charge in [-0.05, 0) is 18.2 Å². The molecule has 0 fully saturated rings. The molecule has 1 unspecified atom stereocenters. The number of nitrogens with one attached hydrogen (secondary N) is 1. The Labute approximate surface area is 124 Å². The lowest BCUT2D eigenvalue weighted by Gasteiger charge is -2.33. The Morgan fingerprint density at radius 2 is 2.05 bits per heavy atom. The van der Waals surface area contributed by atoms with Crippen LogP contribution in [-0.4, -0.2) is 31.0 Å². The number of ether oxygens (including phenoxy) is 2. The molecule has 1 aromatic rings. The van der Waals surface area contributed by atoms with E-state index in [0.717, 1.165) is 0 Å². The van der Waals surface area contributed by atoms with E-state index in [1.165, 1.54) is 20.3 Å². The third kappa shape index (κ3) is 3.46. The summed E-state index contributed by atoms with van der Waals surface area (Å²) in [5.41, 5.74) is 5.68. The number of carbonyl (C=O) groups excluding carboxylic acids is 1. The molecule has 1 atom stereocenters. The second-order valence-electron chi connectivity index (χ2n) is 5.01. The molecule has 1 rings (SSSR count). The van der Waals surface area contributed by atoms with Crippen molar-refractivity contribution >= 4 is 11.7 Å². The first-order valence-electron chi connectivity index (χ1n) is 6.48. The van der Waals surface area contributed by atoms with Crippen LogP contribution < -0.4 is 15.8 Å². The monoisotopic (exact) mass is 294 g/mol. The van der Waals surface area contributed by atoms with Gasteiger partial charge in [-0.15, -0.1) is 0 Å². The molecule has 0 radical (unpaired) electrons. The van der Waals surface area contributed by atoms with E-state index in [-0.39, 0.29) is 11.7 Å². The summed E-state index contributed by atoms with van der Waals surface area (Å²) in [4.78, 5) is 11.9. The normalized spacial score (nSPS) is 13.4. The summed E-state index contributed by atoms with van der Waals surface area (Å²) in [6.45, 7) is 7.44. The van der Waals surface area contributed by atoms with E-state index in [9.17, 15) is 9.90 Å². The van der Waals surface area contributed by atoms with Gasteiger partial charge in [0.2, 0.25) is 0 Å². The van der Waals surface area contributed by atoms with Crippen LogP contribution in [0.3, 0.4) is 0 Å². The highest BCUT2D eigenvalue weighted by Gasteiger charge is 2.39. The minimum Gasteiger partial charge on any atom is -0.504 e. The van der Waals surface area contributed by atoms with Crippen molar-refractivity contribution < 1.29 is 19.4 Å². The number of benzene rings is 1. The lowest BCUT2D eigenvalue weighted by Crippen LogP contribution is -2.62. The van der Waals surface area contributed by atoms with Crippen LogP contribution in [-0.2, 0) is 9.53 Å². The molecule has 0 spiro atoms. The number of esters is 1. The van der Waals surface area contributed by atoms with E-state index >= 15 is 0 Å². The van der Waals surface area contributed by atoms with E-state index in [1.807, 2.05) is 0 Å². The fourth-order valence-electron chi connectivity index (χ4n) is 1.80. The summed E-state index contributed by atoms with van der Waals surface area (Å²) >= 11 is 0. The highest BCUT2D eigenvalue weighted by molar-refractivity contribution is 5.83. The molecule has 0 amide bonds. The van der Waals surface area contributed by atoms with Gasteiger partial charge in [-0.25, -0.2) is 4.79 Å². The maximum atomic E-state index is 11.9. The summed E-state index contributed by atoms with van der Waals surface area (Å²) in [5.74, 6) is -0.490. The fraction of sp³-hybridized carbons (Fsp3) is 0.400. The number of phenolic OH excluding ortho intramolecular Hbond substituents is 1. The number of rotatable bonds is 6. The van der Waals surface area contributed by atoms with E-state index < -0.39 is 11.6 Å². The standard InChI is InChI=1S/C15H22N2O4/c1-9(2)15(16,14(19)21-5)17-10(3)11-6-7-13(20-4)12(18)8-11/h6-9,17-18H,3,16H2,1-2,4-5H3. The number of aromatic hydroxyl groups is 1. The van der Waals surface area contributed by atoms with Crippen LogP contribution in [0.25, 0.3) is 5.70 Å². The number of phenols is 1. The van der Waals surface area contributed by atoms with Crippen LogP contribution in [0.2, 0.25) is 0 Å². The van der Waals surface area contributed by atoms with Crippen molar-refractivity contribution in [1.29, 1.82) is 0 Å². The van der Waals surface area contributed by atoms with Crippen molar-refractivity contribution in [2.24, 2.45) is 11.7 Å². The molecule has 4 N–H and O–H groups in total. The number of nitrogens with two attached hydrogens (primary N) is 1. The van der Waals surface area contributed by atoms with Crippen LogP contribution in [0.4, 0.5) is 0 Å². The van der Waals surface area contributed by atoms with Gasteiger partial charge in [0.1, 0.15) is 0 Å². The number of carbonyl (C=O) groups is 1. The molecule has 0 aliphatic heterocycles. The SMILES string of the molecule is C=C(NC(N)(C(=O)OC)C(C)C)c1ccc(OC)c(O)c1. The Hall–Kier alpha value is -2.21. The van der Waals surface area contributed by atoms with Crippen molar-refractivity contribution in [3.63, 3.8) is 0 Å². The number of methoxy groups -OCH3 is 2. The van der Waals surface area contributed by atoms with Crippen LogP contribution in [0.1, 0.15) is 19.4 Å². The average molecular weight is 294 g/mol. The van der Waals surface area contributed by atoms with E-state index in [0.29, 0.717) is 17.0 Å². The van der Waals surface area contributed by atoms with Gasteiger partial charge in [-0.2, -0.15) is 0 Å². The first-order valence-corrected chi connectivity index (χ1v) is 6.48. The van der Waals surface area contributed by atoms with Gasteiger partial charge in [0, 0.05) is 17.2 Å². The average Bonchev–Trinajstić information content (AvgIpc) is 2.45. The Kier molecular flexibility index (Phi) is 5.21. The van der Waals surface area contributed by atoms with E-state index in [2.05, 4.69) is 11.9 Å². The van der Waals surface area contributed by atoms with E-state index in [1.54, 1.807) is 26.0 Å². The number of hydrogen-bond acceptors (Lipinski definition) is 6. The minimum absolute atomic E-state index is 0.0248. The lowest BCUT2D eigenvalue weighted by atomic mass is 9.96. The van der Waals surface area contributed by atoms with Crippen molar-refractivity contribution in [3.05, 3.63) is 30.3 Å². The predicted molar refractivity (Wildman–Crippen MR) is 80.6 cm³/mol. The molecule has 0 saturated carbocycles. The molecule has 0 aromatic heterocycles. The van der Waals surface area contributed by atoms with Crippen LogP contribution in [0.15, 0.2) is 24.8 Å². The fourth-order valence-corrected chi connectivity index (χ4v) is 1.80. The second kappa shape index (κ2) is 6.49. The molecule has 6 nitrogen and oxygen atoms in total. The Balaban J connectivity index is 3.03. The molecule has 0 saturated heterocycles. The summed E-state index contributed by atoms with van der Waals surface area (Å²) in [5, 5.41) is 12.7. The summed E-state index contributed by atoms with van der Waals surface area (Å²) < 4.78 is 9.71. The Morgan fingerprint density at radius 1 is 1.43 bits per heavy atom. The van der Waals surface area contributed by atoms with Gasteiger partial charge in [-0.1, -0.05) is 20.4 Å². The highest BCUT2D eigenvalue weighted by atomic mass is 16.5.